The first-order valence-electron chi connectivity index (χ1n) is 10.7. The Morgan fingerprint density at radius 3 is 2.62 bits per heavy atom. The molecule has 0 spiro atoms. The van der Waals surface area contributed by atoms with Crippen molar-refractivity contribution < 1.29 is 14.3 Å². The minimum atomic E-state index is -0.178. The van der Waals surface area contributed by atoms with Crippen LogP contribution in [0.2, 0.25) is 5.02 Å². The molecule has 7 heteroatoms. The molecule has 1 aliphatic heterocycles. The number of ether oxygens (including phenoxy) is 2. The van der Waals surface area contributed by atoms with Gasteiger partial charge in [-0.1, -0.05) is 60.1 Å². The third-order valence-electron chi connectivity index (χ3n) is 5.43. The first-order valence-corrected chi connectivity index (χ1v) is 11.1. The number of carbonyl (C=O) groups excluding carboxylic acids is 1. The summed E-state index contributed by atoms with van der Waals surface area (Å²) in [6, 6.07) is 20.9. The topological polar surface area (TPSA) is 63.7 Å². The lowest BCUT2D eigenvalue weighted by molar-refractivity contribution is 0.0162. The zero-order valence-electron chi connectivity index (χ0n) is 17.7. The number of amides is 1. The number of rotatable bonds is 8. The van der Waals surface area contributed by atoms with Crippen molar-refractivity contribution in [3.8, 4) is 5.88 Å². The summed E-state index contributed by atoms with van der Waals surface area (Å²) in [4.78, 5) is 19.4. The van der Waals surface area contributed by atoms with Gasteiger partial charge in [0, 0.05) is 42.5 Å². The van der Waals surface area contributed by atoms with E-state index >= 15 is 0 Å². The van der Waals surface area contributed by atoms with Crippen molar-refractivity contribution in [2.75, 3.05) is 32.8 Å². The molecule has 6 nitrogen and oxygen atoms in total. The highest BCUT2D eigenvalue weighted by Crippen LogP contribution is 2.28. The van der Waals surface area contributed by atoms with Gasteiger partial charge in [-0.25, -0.2) is 4.98 Å². The molecule has 2 aromatic carbocycles. The van der Waals surface area contributed by atoms with Crippen molar-refractivity contribution in [2.24, 2.45) is 0 Å². The summed E-state index contributed by atoms with van der Waals surface area (Å²) in [6.45, 7) is 3.75. The van der Waals surface area contributed by atoms with Gasteiger partial charge in [-0.2, -0.15) is 0 Å². The van der Waals surface area contributed by atoms with Gasteiger partial charge in [-0.3, -0.25) is 9.69 Å². The Morgan fingerprint density at radius 2 is 1.84 bits per heavy atom. The Balaban J connectivity index is 1.42. The zero-order valence-corrected chi connectivity index (χ0v) is 18.5. The van der Waals surface area contributed by atoms with E-state index in [1.165, 1.54) is 0 Å². The largest absolute Gasteiger partial charge is 0.473 e. The summed E-state index contributed by atoms with van der Waals surface area (Å²) in [7, 11) is 0. The van der Waals surface area contributed by atoms with E-state index in [4.69, 9.17) is 21.1 Å². The molecule has 1 aromatic heterocycles. The first-order chi connectivity index (χ1) is 15.7. The highest BCUT2D eigenvalue weighted by Gasteiger charge is 2.25. The van der Waals surface area contributed by atoms with Crippen LogP contribution < -0.4 is 10.1 Å². The number of nitrogens with one attached hydrogen (secondary N) is 1. The smallest absolute Gasteiger partial charge is 0.251 e. The van der Waals surface area contributed by atoms with Gasteiger partial charge >= 0.3 is 0 Å². The first kappa shape index (κ1) is 22.3. The number of benzene rings is 2. The second-order valence-corrected chi connectivity index (χ2v) is 7.96. The number of pyridine rings is 1. The molecule has 32 heavy (non-hydrogen) atoms. The van der Waals surface area contributed by atoms with E-state index in [9.17, 15) is 4.79 Å². The molecule has 3 aromatic rings. The van der Waals surface area contributed by atoms with E-state index in [0.717, 1.165) is 24.2 Å². The van der Waals surface area contributed by atoms with Crippen LogP contribution in [0.4, 0.5) is 0 Å². The number of aromatic nitrogens is 1. The minimum Gasteiger partial charge on any atom is -0.473 e. The Hall–Kier alpha value is -2.93. The van der Waals surface area contributed by atoms with E-state index in [-0.39, 0.29) is 11.9 Å². The van der Waals surface area contributed by atoms with Crippen molar-refractivity contribution in [1.82, 2.24) is 15.2 Å². The van der Waals surface area contributed by atoms with E-state index in [2.05, 4.69) is 15.2 Å². The fourth-order valence-corrected chi connectivity index (χ4v) is 3.98. The molecule has 1 aliphatic rings. The van der Waals surface area contributed by atoms with E-state index < -0.39 is 0 Å². The maximum Gasteiger partial charge on any atom is 0.251 e. The Labute approximate surface area is 193 Å². The molecule has 1 atom stereocenters. The number of halogens is 1. The summed E-state index contributed by atoms with van der Waals surface area (Å²) in [5.74, 6) is 0.236. The van der Waals surface area contributed by atoms with E-state index in [1.54, 1.807) is 18.3 Å². The van der Waals surface area contributed by atoms with Crippen molar-refractivity contribution >= 4 is 17.5 Å². The second kappa shape index (κ2) is 11.1. The van der Waals surface area contributed by atoms with Gasteiger partial charge in [-0.05, 0) is 23.3 Å². The lowest BCUT2D eigenvalue weighted by Gasteiger charge is -2.35. The molecule has 0 aliphatic carbocycles. The number of nitrogens with zero attached hydrogens (tertiary/aromatic N) is 2. The van der Waals surface area contributed by atoms with Gasteiger partial charge in [0.25, 0.3) is 5.91 Å². The molecule has 4 rings (SSSR count). The molecule has 0 saturated carbocycles. The summed E-state index contributed by atoms with van der Waals surface area (Å²) in [5, 5.41) is 3.75. The maximum atomic E-state index is 12.9. The predicted octanol–water partition coefficient (Wildman–Crippen LogP) is 4.12. The molecule has 166 valence electrons. The molecule has 0 radical (unpaired) electrons. The van der Waals surface area contributed by atoms with Crippen molar-refractivity contribution in [2.45, 2.75) is 12.6 Å². The number of hydrogen-bond donors (Lipinski definition) is 1. The van der Waals surface area contributed by atoms with Crippen LogP contribution in [0, 0.1) is 0 Å². The maximum absolute atomic E-state index is 12.9. The van der Waals surface area contributed by atoms with Gasteiger partial charge < -0.3 is 14.8 Å². The Kier molecular flexibility index (Phi) is 7.72. The minimum absolute atomic E-state index is 0.0350. The number of carbonyl (C=O) groups is 1. The number of morpholine rings is 1. The molecular weight excluding hydrogens is 426 g/mol. The molecule has 1 saturated heterocycles. The molecule has 2 heterocycles. The van der Waals surface area contributed by atoms with Gasteiger partial charge in [0.15, 0.2) is 0 Å². The average molecular weight is 452 g/mol. The van der Waals surface area contributed by atoms with Crippen LogP contribution in [0.3, 0.4) is 0 Å². The van der Waals surface area contributed by atoms with Crippen LogP contribution in [0.15, 0.2) is 72.9 Å². The van der Waals surface area contributed by atoms with Gasteiger partial charge in [-0.15, -0.1) is 0 Å². The fourth-order valence-electron chi connectivity index (χ4n) is 3.72. The monoisotopic (exact) mass is 451 g/mol. The summed E-state index contributed by atoms with van der Waals surface area (Å²) in [5.41, 5.74) is 2.54. The summed E-state index contributed by atoms with van der Waals surface area (Å²) < 4.78 is 11.3. The van der Waals surface area contributed by atoms with Crippen LogP contribution in [0.25, 0.3) is 0 Å². The lowest BCUT2D eigenvalue weighted by atomic mass is 10.0. The molecule has 0 bridgehead atoms. The Bertz CT molecular complexity index is 1030. The summed E-state index contributed by atoms with van der Waals surface area (Å²) in [6.07, 6.45) is 1.59. The normalized spacial score (nSPS) is 15.2. The van der Waals surface area contributed by atoms with Crippen LogP contribution in [0.1, 0.15) is 27.5 Å². The van der Waals surface area contributed by atoms with Gasteiger partial charge in [0.2, 0.25) is 5.88 Å². The average Bonchev–Trinajstić information content (AvgIpc) is 2.85. The van der Waals surface area contributed by atoms with Crippen LogP contribution in [-0.2, 0) is 11.3 Å². The molecule has 1 unspecified atom stereocenters. The highest BCUT2D eigenvalue weighted by atomic mass is 35.5. The second-order valence-electron chi connectivity index (χ2n) is 7.55. The molecule has 1 fully saturated rings. The SMILES string of the molecule is O=C(NCC(c1ccccc1Cl)N1CCOCC1)c1ccnc(OCc2ccccc2)c1. The van der Waals surface area contributed by atoms with Gasteiger partial charge in [0.05, 0.1) is 19.3 Å². The fraction of sp³-hybridized carbons (Fsp3) is 0.280. The third-order valence-corrected chi connectivity index (χ3v) is 5.78. The van der Waals surface area contributed by atoms with E-state index in [0.29, 0.717) is 42.8 Å². The summed E-state index contributed by atoms with van der Waals surface area (Å²) >= 11 is 6.48. The van der Waals surface area contributed by atoms with E-state index in [1.807, 2.05) is 54.6 Å². The molecule has 1 amide bonds. The van der Waals surface area contributed by atoms with Crippen molar-refractivity contribution in [3.05, 3.63) is 94.6 Å². The lowest BCUT2D eigenvalue weighted by Crippen LogP contribution is -2.44. The molecular formula is C25H26ClN3O3. The quantitative estimate of drug-likeness (QED) is 0.558. The standard InChI is InChI=1S/C25H26ClN3O3/c26-22-9-5-4-8-21(22)23(29-12-14-31-15-13-29)17-28-25(30)20-10-11-27-24(16-20)32-18-19-6-2-1-3-7-19/h1-11,16,23H,12-15,17-18H2,(H,28,30). The van der Waals surface area contributed by atoms with Crippen molar-refractivity contribution in [1.29, 1.82) is 0 Å². The van der Waals surface area contributed by atoms with Gasteiger partial charge in [0.1, 0.15) is 6.61 Å². The zero-order chi connectivity index (χ0) is 22.2. The van der Waals surface area contributed by atoms with Crippen LogP contribution in [0.5, 0.6) is 5.88 Å². The highest BCUT2D eigenvalue weighted by molar-refractivity contribution is 6.31. The predicted molar refractivity (Wildman–Crippen MR) is 124 cm³/mol. The van der Waals surface area contributed by atoms with Crippen LogP contribution in [-0.4, -0.2) is 48.6 Å². The van der Waals surface area contributed by atoms with Crippen LogP contribution >= 0.6 is 11.6 Å². The third kappa shape index (κ3) is 5.85. The Morgan fingerprint density at radius 1 is 1.09 bits per heavy atom. The molecule has 1 N–H and O–H groups in total. The van der Waals surface area contributed by atoms with Crippen molar-refractivity contribution in [3.63, 3.8) is 0 Å². The number of hydrogen-bond acceptors (Lipinski definition) is 5.